The molecule has 4 rings (SSSR count). The SMILES string of the molecule is CCCCN1CCC(c2nc(-c3ccc4c(c3)C(C)(C)CCC4(C)C)cs2)CC1. The zero-order valence-electron chi connectivity index (χ0n) is 19.1. The van der Waals surface area contributed by atoms with Gasteiger partial charge in [-0.15, -0.1) is 11.3 Å². The minimum atomic E-state index is 0.255. The molecule has 1 aromatic carbocycles. The van der Waals surface area contributed by atoms with Crippen molar-refractivity contribution in [2.24, 2.45) is 0 Å². The van der Waals surface area contributed by atoms with Crippen LogP contribution in [0.4, 0.5) is 0 Å². The fourth-order valence-electron chi connectivity index (χ4n) is 5.14. The highest BCUT2D eigenvalue weighted by atomic mass is 32.1. The normalized spacial score (nSPS) is 21.8. The van der Waals surface area contributed by atoms with Crippen LogP contribution >= 0.6 is 11.3 Å². The van der Waals surface area contributed by atoms with Gasteiger partial charge in [0, 0.05) is 16.9 Å². The highest BCUT2D eigenvalue weighted by molar-refractivity contribution is 7.10. The van der Waals surface area contributed by atoms with Crippen molar-refractivity contribution in [1.82, 2.24) is 9.88 Å². The Balaban J connectivity index is 1.52. The quantitative estimate of drug-likeness (QED) is 0.521. The molecule has 0 amide bonds. The number of hydrogen-bond acceptors (Lipinski definition) is 3. The predicted molar refractivity (Wildman–Crippen MR) is 126 cm³/mol. The van der Waals surface area contributed by atoms with Gasteiger partial charge in [-0.2, -0.15) is 0 Å². The van der Waals surface area contributed by atoms with Gasteiger partial charge in [-0.3, -0.25) is 0 Å². The molecule has 2 aromatic rings. The number of unbranched alkanes of at least 4 members (excludes halogenated alkanes) is 1. The zero-order valence-corrected chi connectivity index (χ0v) is 19.9. The standard InChI is InChI=1S/C26H38N2S/c1-6-7-14-28-15-10-19(11-16-28)24-27-23(18-29-24)20-8-9-21-22(17-20)26(4,5)13-12-25(21,2)3/h8-9,17-19H,6-7,10-16H2,1-5H3. The van der Waals surface area contributed by atoms with Crippen LogP contribution in [-0.4, -0.2) is 29.5 Å². The topological polar surface area (TPSA) is 16.1 Å². The van der Waals surface area contributed by atoms with Crippen molar-refractivity contribution in [3.05, 3.63) is 39.7 Å². The lowest BCUT2D eigenvalue weighted by Gasteiger charge is -2.42. The second-order valence-electron chi connectivity index (χ2n) is 10.6. The molecule has 1 saturated heterocycles. The van der Waals surface area contributed by atoms with Gasteiger partial charge in [0.25, 0.3) is 0 Å². The molecule has 0 radical (unpaired) electrons. The van der Waals surface area contributed by atoms with Crippen molar-refractivity contribution in [2.45, 2.75) is 89.9 Å². The first-order chi connectivity index (χ1) is 13.8. The van der Waals surface area contributed by atoms with Crippen molar-refractivity contribution >= 4 is 11.3 Å². The summed E-state index contributed by atoms with van der Waals surface area (Å²) >= 11 is 1.88. The molecule has 0 unspecified atom stereocenters. The average Bonchev–Trinajstić information content (AvgIpc) is 3.20. The predicted octanol–water partition coefficient (Wildman–Crippen LogP) is 7.14. The summed E-state index contributed by atoms with van der Waals surface area (Å²) in [5.41, 5.74) is 6.09. The van der Waals surface area contributed by atoms with E-state index in [0.717, 1.165) is 0 Å². The van der Waals surface area contributed by atoms with Crippen molar-refractivity contribution in [2.75, 3.05) is 19.6 Å². The number of hydrogen-bond donors (Lipinski definition) is 0. The van der Waals surface area contributed by atoms with Gasteiger partial charge in [-0.1, -0.05) is 53.2 Å². The molecule has 1 fully saturated rings. The van der Waals surface area contributed by atoms with E-state index in [1.54, 1.807) is 0 Å². The Morgan fingerprint density at radius 2 is 1.72 bits per heavy atom. The van der Waals surface area contributed by atoms with E-state index in [1.807, 2.05) is 11.3 Å². The van der Waals surface area contributed by atoms with E-state index >= 15 is 0 Å². The molecular formula is C26H38N2S. The monoisotopic (exact) mass is 410 g/mol. The molecule has 1 aliphatic heterocycles. The summed E-state index contributed by atoms with van der Waals surface area (Å²) in [4.78, 5) is 7.77. The maximum atomic E-state index is 5.12. The summed E-state index contributed by atoms with van der Waals surface area (Å²) < 4.78 is 0. The van der Waals surface area contributed by atoms with Crippen LogP contribution in [0.15, 0.2) is 23.6 Å². The van der Waals surface area contributed by atoms with Gasteiger partial charge in [0.15, 0.2) is 0 Å². The molecule has 2 aliphatic rings. The molecule has 158 valence electrons. The Morgan fingerprint density at radius 3 is 2.41 bits per heavy atom. The van der Waals surface area contributed by atoms with Crippen LogP contribution in [0.2, 0.25) is 0 Å². The number of likely N-dealkylation sites (tertiary alicyclic amines) is 1. The van der Waals surface area contributed by atoms with Crippen molar-refractivity contribution < 1.29 is 0 Å². The summed E-state index contributed by atoms with van der Waals surface area (Å²) in [6.07, 6.45) is 7.69. The van der Waals surface area contributed by atoms with Crippen molar-refractivity contribution in [3.63, 3.8) is 0 Å². The number of rotatable bonds is 5. The zero-order chi connectivity index (χ0) is 20.6. The molecular weight excluding hydrogens is 372 g/mol. The van der Waals surface area contributed by atoms with Gasteiger partial charge in [-0.25, -0.2) is 4.98 Å². The lowest BCUT2D eigenvalue weighted by molar-refractivity contribution is 0.209. The first-order valence-corrected chi connectivity index (χ1v) is 12.5. The van der Waals surface area contributed by atoms with Crippen LogP contribution < -0.4 is 0 Å². The fraction of sp³-hybridized carbons (Fsp3) is 0.654. The third-order valence-electron chi connectivity index (χ3n) is 7.44. The number of fused-ring (bicyclic) bond motifs is 1. The van der Waals surface area contributed by atoms with E-state index in [-0.39, 0.29) is 10.8 Å². The Bertz CT molecular complexity index is 840. The van der Waals surface area contributed by atoms with E-state index < -0.39 is 0 Å². The van der Waals surface area contributed by atoms with E-state index in [2.05, 4.69) is 63.1 Å². The largest absolute Gasteiger partial charge is 0.303 e. The second kappa shape index (κ2) is 8.15. The van der Waals surface area contributed by atoms with Crippen LogP contribution in [0.1, 0.15) is 95.2 Å². The average molecular weight is 411 g/mol. The molecule has 0 spiro atoms. The van der Waals surface area contributed by atoms with E-state index in [1.165, 1.54) is 85.6 Å². The highest BCUT2D eigenvalue weighted by Crippen LogP contribution is 2.47. The summed E-state index contributed by atoms with van der Waals surface area (Å²) in [5, 5.41) is 3.65. The molecule has 0 saturated carbocycles. The third kappa shape index (κ3) is 4.32. The van der Waals surface area contributed by atoms with E-state index in [0.29, 0.717) is 5.92 Å². The van der Waals surface area contributed by atoms with Gasteiger partial charge >= 0.3 is 0 Å². The van der Waals surface area contributed by atoms with E-state index in [9.17, 15) is 0 Å². The van der Waals surface area contributed by atoms with Crippen LogP contribution in [0.25, 0.3) is 11.3 Å². The maximum Gasteiger partial charge on any atom is 0.0964 e. The molecule has 3 heteroatoms. The Hall–Kier alpha value is -1.19. The molecule has 0 atom stereocenters. The van der Waals surface area contributed by atoms with E-state index in [4.69, 9.17) is 4.98 Å². The molecule has 0 bridgehead atoms. The van der Waals surface area contributed by atoms with Crippen LogP contribution in [0.3, 0.4) is 0 Å². The third-order valence-corrected chi connectivity index (χ3v) is 8.44. The van der Waals surface area contributed by atoms with Gasteiger partial charge in [0.05, 0.1) is 10.7 Å². The van der Waals surface area contributed by atoms with Gasteiger partial charge in [0.2, 0.25) is 0 Å². The second-order valence-corrected chi connectivity index (χ2v) is 11.5. The first-order valence-electron chi connectivity index (χ1n) is 11.6. The summed E-state index contributed by atoms with van der Waals surface area (Å²) in [6, 6.07) is 7.15. The van der Waals surface area contributed by atoms with Gasteiger partial charge < -0.3 is 4.90 Å². The Morgan fingerprint density at radius 1 is 1.03 bits per heavy atom. The Kier molecular flexibility index (Phi) is 5.92. The summed E-state index contributed by atoms with van der Waals surface area (Å²) in [5.74, 6) is 0.652. The van der Waals surface area contributed by atoms with Crippen molar-refractivity contribution in [1.29, 1.82) is 0 Å². The minimum absolute atomic E-state index is 0.255. The van der Waals surface area contributed by atoms with Crippen molar-refractivity contribution in [3.8, 4) is 11.3 Å². The van der Waals surface area contributed by atoms with Crippen LogP contribution in [0.5, 0.6) is 0 Å². The number of nitrogens with zero attached hydrogens (tertiary/aromatic N) is 2. The minimum Gasteiger partial charge on any atom is -0.303 e. The number of benzene rings is 1. The van der Waals surface area contributed by atoms with Gasteiger partial charge in [0.1, 0.15) is 0 Å². The molecule has 29 heavy (non-hydrogen) atoms. The molecule has 1 aliphatic carbocycles. The number of thiazole rings is 1. The molecule has 2 nitrogen and oxygen atoms in total. The molecule has 0 N–H and O–H groups in total. The summed E-state index contributed by atoms with van der Waals surface area (Å²) in [7, 11) is 0. The van der Waals surface area contributed by atoms with Crippen LogP contribution in [0, 0.1) is 0 Å². The summed E-state index contributed by atoms with van der Waals surface area (Å²) in [6.45, 7) is 15.6. The first kappa shape index (κ1) is 21.1. The Labute approximate surface area is 181 Å². The lowest BCUT2D eigenvalue weighted by atomic mass is 9.63. The molecule has 1 aromatic heterocycles. The van der Waals surface area contributed by atoms with Crippen LogP contribution in [-0.2, 0) is 10.8 Å². The number of piperidine rings is 1. The molecule has 2 heterocycles. The number of aromatic nitrogens is 1. The highest BCUT2D eigenvalue weighted by Gasteiger charge is 2.37. The fourth-order valence-corrected chi connectivity index (χ4v) is 6.14. The lowest BCUT2D eigenvalue weighted by Crippen LogP contribution is -2.33. The maximum absolute atomic E-state index is 5.12. The smallest absolute Gasteiger partial charge is 0.0964 e. The van der Waals surface area contributed by atoms with Gasteiger partial charge in [-0.05, 0) is 79.8 Å².